The molecule has 1 heterocycles. The number of carbonyl (C=O) groups is 1. The van der Waals surface area contributed by atoms with Crippen molar-refractivity contribution >= 4 is 17.3 Å². The highest BCUT2D eigenvalue weighted by atomic mass is 32.1. The van der Waals surface area contributed by atoms with Crippen LogP contribution < -0.4 is 0 Å². The van der Waals surface area contributed by atoms with Crippen molar-refractivity contribution in [2.24, 2.45) is 0 Å². The summed E-state index contributed by atoms with van der Waals surface area (Å²) >= 11 is 1.47. The molecule has 3 nitrogen and oxygen atoms in total. The third-order valence-electron chi connectivity index (χ3n) is 3.03. The van der Waals surface area contributed by atoms with Gasteiger partial charge in [-0.25, -0.2) is 9.78 Å². The highest BCUT2D eigenvalue weighted by molar-refractivity contribution is 7.15. The zero-order chi connectivity index (χ0) is 13.3. The van der Waals surface area contributed by atoms with E-state index in [4.69, 9.17) is 0 Å². The zero-order valence-corrected chi connectivity index (χ0v) is 11.5. The van der Waals surface area contributed by atoms with E-state index in [1.165, 1.54) is 11.3 Å². The molecule has 94 valence electrons. The van der Waals surface area contributed by atoms with Crippen LogP contribution in [0.25, 0.3) is 10.4 Å². The minimum absolute atomic E-state index is 0.172. The molecule has 0 aliphatic heterocycles. The lowest BCUT2D eigenvalue weighted by Crippen LogP contribution is -2.00. The number of hydrogen-bond donors (Lipinski definition) is 1. The van der Waals surface area contributed by atoms with Gasteiger partial charge in [0.2, 0.25) is 0 Å². The SMILES string of the molecule is CCc1nc(C(=O)O)c(-c2cccc(C)c2C)s1. The van der Waals surface area contributed by atoms with E-state index >= 15 is 0 Å². The first-order valence-electron chi connectivity index (χ1n) is 5.84. The lowest BCUT2D eigenvalue weighted by Gasteiger charge is -2.06. The van der Waals surface area contributed by atoms with Crippen molar-refractivity contribution < 1.29 is 9.90 Å². The first-order valence-corrected chi connectivity index (χ1v) is 6.65. The number of rotatable bonds is 3. The Morgan fingerprint density at radius 2 is 2.11 bits per heavy atom. The standard InChI is InChI=1S/C14H15NO2S/c1-4-11-15-12(14(16)17)13(18-11)10-7-5-6-8(2)9(10)3/h5-7H,4H2,1-3H3,(H,16,17). The van der Waals surface area contributed by atoms with Crippen molar-refractivity contribution in [3.05, 3.63) is 40.0 Å². The van der Waals surface area contributed by atoms with Crippen molar-refractivity contribution in [3.63, 3.8) is 0 Å². The fourth-order valence-electron chi connectivity index (χ4n) is 1.84. The zero-order valence-electron chi connectivity index (χ0n) is 10.7. The van der Waals surface area contributed by atoms with Crippen LogP contribution in [-0.4, -0.2) is 16.1 Å². The van der Waals surface area contributed by atoms with E-state index in [0.29, 0.717) is 0 Å². The molecule has 18 heavy (non-hydrogen) atoms. The largest absolute Gasteiger partial charge is 0.476 e. The van der Waals surface area contributed by atoms with Gasteiger partial charge in [0.25, 0.3) is 0 Å². The predicted octanol–water partition coefficient (Wildman–Crippen LogP) is 3.69. The van der Waals surface area contributed by atoms with Crippen LogP contribution in [0.2, 0.25) is 0 Å². The molecule has 0 saturated carbocycles. The molecule has 2 aromatic rings. The minimum atomic E-state index is -0.957. The Kier molecular flexibility index (Phi) is 3.48. The van der Waals surface area contributed by atoms with Crippen molar-refractivity contribution in [2.75, 3.05) is 0 Å². The summed E-state index contributed by atoms with van der Waals surface area (Å²) in [7, 11) is 0. The lowest BCUT2D eigenvalue weighted by atomic mass is 10.0. The Morgan fingerprint density at radius 1 is 1.39 bits per heavy atom. The van der Waals surface area contributed by atoms with Gasteiger partial charge >= 0.3 is 5.97 Å². The molecule has 0 aliphatic rings. The van der Waals surface area contributed by atoms with Crippen molar-refractivity contribution in [1.29, 1.82) is 0 Å². The summed E-state index contributed by atoms with van der Waals surface area (Å²) in [4.78, 5) is 16.2. The van der Waals surface area contributed by atoms with Crippen LogP contribution in [0.5, 0.6) is 0 Å². The average molecular weight is 261 g/mol. The Labute approximate surface area is 110 Å². The fourth-order valence-corrected chi connectivity index (χ4v) is 2.92. The number of carboxylic acids is 1. The van der Waals surface area contributed by atoms with Gasteiger partial charge in [0.1, 0.15) is 0 Å². The monoisotopic (exact) mass is 261 g/mol. The van der Waals surface area contributed by atoms with Crippen LogP contribution in [0.15, 0.2) is 18.2 Å². The third-order valence-corrected chi connectivity index (χ3v) is 4.26. The molecule has 2 rings (SSSR count). The summed E-state index contributed by atoms with van der Waals surface area (Å²) in [5.41, 5.74) is 3.43. The molecule has 1 aromatic heterocycles. The lowest BCUT2D eigenvalue weighted by molar-refractivity contribution is 0.0692. The number of carboxylic acid groups (broad SMARTS) is 1. The predicted molar refractivity (Wildman–Crippen MR) is 73.4 cm³/mol. The average Bonchev–Trinajstić information content (AvgIpc) is 2.77. The summed E-state index contributed by atoms with van der Waals surface area (Å²) in [5.74, 6) is -0.957. The normalized spacial score (nSPS) is 10.6. The Hall–Kier alpha value is -1.68. The maximum absolute atomic E-state index is 11.3. The smallest absolute Gasteiger partial charge is 0.356 e. The van der Waals surface area contributed by atoms with E-state index < -0.39 is 5.97 Å². The van der Waals surface area contributed by atoms with E-state index in [1.54, 1.807) is 0 Å². The number of aromatic carboxylic acids is 1. The van der Waals surface area contributed by atoms with Gasteiger partial charge in [-0.05, 0) is 37.0 Å². The fraction of sp³-hybridized carbons (Fsp3) is 0.286. The van der Waals surface area contributed by atoms with Crippen LogP contribution in [0.4, 0.5) is 0 Å². The van der Waals surface area contributed by atoms with E-state index in [9.17, 15) is 9.90 Å². The van der Waals surface area contributed by atoms with E-state index in [2.05, 4.69) is 4.98 Å². The summed E-state index contributed by atoms with van der Waals surface area (Å²) in [6, 6.07) is 5.94. The van der Waals surface area contributed by atoms with E-state index in [-0.39, 0.29) is 5.69 Å². The molecule has 0 radical (unpaired) electrons. The minimum Gasteiger partial charge on any atom is -0.476 e. The summed E-state index contributed by atoms with van der Waals surface area (Å²) in [5, 5.41) is 10.1. The second kappa shape index (κ2) is 4.90. The van der Waals surface area contributed by atoms with Crippen molar-refractivity contribution in [3.8, 4) is 10.4 Å². The Morgan fingerprint density at radius 3 is 2.72 bits per heavy atom. The third kappa shape index (κ3) is 2.16. The molecular formula is C14H15NO2S. The number of benzene rings is 1. The quantitative estimate of drug-likeness (QED) is 0.916. The Balaban J connectivity index is 2.66. The first kappa shape index (κ1) is 12.8. The van der Waals surface area contributed by atoms with Crippen LogP contribution in [0, 0.1) is 13.8 Å². The molecular weight excluding hydrogens is 246 g/mol. The number of aryl methyl sites for hydroxylation is 2. The van der Waals surface area contributed by atoms with Gasteiger partial charge in [-0.3, -0.25) is 0 Å². The number of aromatic nitrogens is 1. The number of hydrogen-bond acceptors (Lipinski definition) is 3. The maximum Gasteiger partial charge on any atom is 0.356 e. The second-order valence-corrected chi connectivity index (χ2v) is 5.28. The van der Waals surface area contributed by atoms with Gasteiger partial charge < -0.3 is 5.11 Å². The van der Waals surface area contributed by atoms with Gasteiger partial charge in [-0.1, -0.05) is 25.1 Å². The van der Waals surface area contributed by atoms with Gasteiger partial charge in [-0.2, -0.15) is 0 Å². The molecule has 1 aromatic carbocycles. The molecule has 1 N–H and O–H groups in total. The van der Waals surface area contributed by atoms with Crippen LogP contribution in [0.3, 0.4) is 0 Å². The molecule has 0 spiro atoms. The summed E-state index contributed by atoms with van der Waals surface area (Å²) < 4.78 is 0. The maximum atomic E-state index is 11.3. The van der Waals surface area contributed by atoms with Crippen LogP contribution in [0.1, 0.15) is 33.5 Å². The van der Waals surface area contributed by atoms with Crippen molar-refractivity contribution in [2.45, 2.75) is 27.2 Å². The molecule has 0 saturated heterocycles. The molecule has 0 unspecified atom stereocenters. The van der Waals surface area contributed by atoms with E-state index in [0.717, 1.165) is 33.0 Å². The molecule has 0 aliphatic carbocycles. The van der Waals surface area contributed by atoms with Crippen LogP contribution in [-0.2, 0) is 6.42 Å². The highest BCUT2D eigenvalue weighted by Gasteiger charge is 2.19. The number of thiazole rings is 1. The van der Waals surface area contributed by atoms with Gasteiger partial charge in [-0.15, -0.1) is 11.3 Å². The second-order valence-electron chi connectivity index (χ2n) is 4.19. The molecule has 0 amide bonds. The molecule has 0 bridgehead atoms. The topological polar surface area (TPSA) is 50.2 Å². The van der Waals surface area contributed by atoms with E-state index in [1.807, 2.05) is 39.0 Å². The number of nitrogens with zero attached hydrogens (tertiary/aromatic N) is 1. The van der Waals surface area contributed by atoms with Gasteiger partial charge in [0, 0.05) is 0 Å². The first-order chi connectivity index (χ1) is 8.54. The highest BCUT2D eigenvalue weighted by Crippen LogP contribution is 2.33. The Bertz CT molecular complexity index is 602. The molecule has 0 fully saturated rings. The van der Waals surface area contributed by atoms with Crippen LogP contribution >= 0.6 is 11.3 Å². The molecule has 0 atom stereocenters. The summed E-state index contributed by atoms with van der Waals surface area (Å²) in [6.45, 7) is 6.03. The van der Waals surface area contributed by atoms with Gasteiger partial charge in [0.05, 0.1) is 9.88 Å². The molecule has 4 heteroatoms. The summed E-state index contributed by atoms with van der Waals surface area (Å²) in [6.07, 6.45) is 0.760. The van der Waals surface area contributed by atoms with Crippen molar-refractivity contribution in [1.82, 2.24) is 4.98 Å². The van der Waals surface area contributed by atoms with Gasteiger partial charge in [0.15, 0.2) is 5.69 Å².